The van der Waals surface area contributed by atoms with Gasteiger partial charge in [-0.15, -0.1) is 0 Å². The summed E-state index contributed by atoms with van der Waals surface area (Å²) in [7, 11) is 0. The van der Waals surface area contributed by atoms with Crippen molar-refractivity contribution in [2.24, 2.45) is 0 Å². The lowest BCUT2D eigenvalue weighted by Gasteiger charge is -2.09. The van der Waals surface area contributed by atoms with Crippen molar-refractivity contribution in [2.75, 3.05) is 0 Å². The second-order valence-electron chi connectivity index (χ2n) is 4.03. The van der Waals surface area contributed by atoms with Gasteiger partial charge in [-0.05, 0) is 30.0 Å². The standard InChI is InChI=1S/C14H16N2O/c1-3-11(2)12-4-6-13(7-5-12)17-14-8-9-15-10-16-14/h4-11H,3H2,1-2H3. The molecule has 0 radical (unpaired) electrons. The molecule has 2 rings (SSSR count). The molecule has 0 saturated heterocycles. The number of hydrogen-bond acceptors (Lipinski definition) is 3. The van der Waals surface area contributed by atoms with Gasteiger partial charge in [0.1, 0.15) is 12.1 Å². The van der Waals surface area contributed by atoms with Crippen LogP contribution < -0.4 is 4.74 Å². The van der Waals surface area contributed by atoms with Crippen molar-refractivity contribution >= 4 is 0 Å². The zero-order valence-corrected chi connectivity index (χ0v) is 10.1. The summed E-state index contributed by atoms with van der Waals surface area (Å²) in [5.41, 5.74) is 1.34. The maximum atomic E-state index is 5.60. The summed E-state index contributed by atoms with van der Waals surface area (Å²) < 4.78 is 5.60. The van der Waals surface area contributed by atoms with Crippen LogP contribution in [-0.2, 0) is 0 Å². The molecule has 1 atom stereocenters. The minimum absolute atomic E-state index is 0.566. The Bertz CT molecular complexity index is 453. The largest absolute Gasteiger partial charge is 0.439 e. The quantitative estimate of drug-likeness (QED) is 0.798. The van der Waals surface area contributed by atoms with Gasteiger partial charge in [-0.1, -0.05) is 26.0 Å². The molecule has 0 bridgehead atoms. The third-order valence-corrected chi connectivity index (χ3v) is 2.84. The lowest BCUT2D eigenvalue weighted by Crippen LogP contribution is -1.92. The van der Waals surface area contributed by atoms with E-state index in [2.05, 4.69) is 35.9 Å². The van der Waals surface area contributed by atoms with E-state index >= 15 is 0 Å². The summed E-state index contributed by atoms with van der Waals surface area (Å²) in [5.74, 6) is 1.95. The van der Waals surface area contributed by atoms with Crippen LogP contribution in [0.2, 0.25) is 0 Å². The fourth-order valence-corrected chi connectivity index (χ4v) is 1.56. The van der Waals surface area contributed by atoms with Gasteiger partial charge in [-0.25, -0.2) is 9.97 Å². The van der Waals surface area contributed by atoms with Crippen molar-refractivity contribution in [1.82, 2.24) is 9.97 Å². The van der Waals surface area contributed by atoms with E-state index in [1.54, 1.807) is 12.3 Å². The fourth-order valence-electron chi connectivity index (χ4n) is 1.56. The number of ether oxygens (including phenoxy) is 1. The van der Waals surface area contributed by atoms with E-state index in [-0.39, 0.29) is 0 Å². The molecule has 0 amide bonds. The van der Waals surface area contributed by atoms with Crippen molar-refractivity contribution in [3.63, 3.8) is 0 Å². The van der Waals surface area contributed by atoms with E-state index in [1.807, 2.05) is 12.1 Å². The number of hydrogen-bond donors (Lipinski definition) is 0. The smallest absolute Gasteiger partial charge is 0.222 e. The van der Waals surface area contributed by atoms with Gasteiger partial charge in [-0.3, -0.25) is 0 Å². The molecule has 0 aliphatic rings. The molecule has 1 aromatic heterocycles. The Morgan fingerprint density at radius 1 is 1.18 bits per heavy atom. The Hall–Kier alpha value is -1.90. The molecular weight excluding hydrogens is 212 g/mol. The molecule has 2 aromatic rings. The summed E-state index contributed by atoms with van der Waals surface area (Å²) in [5, 5.41) is 0. The van der Waals surface area contributed by atoms with Gasteiger partial charge < -0.3 is 4.74 Å². The van der Waals surface area contributed by atoms with Gasteiger partial charge in [0, 0.05) is 12.3 Å². The van der Waals surface area contributed by atoms with Crippen LogP contribution in [0.3, 0.4) is 0 Å². The van der Waals surface area contributed by atoms with E-state index < -0.39 is 0 Å². The Morgan fingerprint density at radius 2 is 1.94 bits per heavy atom. The van der Waals surface area contributed by atoms with Crippen molar-refractivity contribution < 1.29 is 4.74 Å². The summed E-state index contributed by atoms with van der Waals surface area (Å²) in [6.45, 7) is 4.41. The monoisotopic (exact) mass is 228 g/mol. The summed E-state index contributed by atoms with van der Waals surface area (Å²) in [4.78, 5) is 7.86. The topological polar surface area (TPSA) is 35.0 Å². The van der Waals surface area contributed by atoms with Gasteiger partial charge in [-0.2, -0.15) is 0 Å². The fraction of sp³-hybridized carbons (Fsp3) is 0.286. The zero-order valence-electron chi connectivity index (χ0n) is 10.1. The highest BCUT2D eigenvalue weighted by molar-refractivity contribution is 5.31. The first kappa shape index (κ1) is 11.6. The Labute approximate surface area is 102 Å². The maximum Gasteiger partial charge on any atom is 0.222 e. The molecule has 0 aliphatic carbocycles. The molecule has 1 aromatic carbocycles. The highest BCUT2D eigenvalue weighted by Gasteiger charge is 2.03. The first-order valence-corrected chi connectivity index (χ1v) is 5.83. The molecule has 17 heavy (non-hydrogen) atoms. The maximum absolute atomic E-state index is 5.60. The van der Waals surface area contributed by atoms with E-state index in [0.29, 0.717) is 11.8 Å². The second kappa shape index (κ2) is 5.43. The number of nitrogens with zero attached hydrogens (tertiary/aromatic N) is 2. The zero-order chi connectivity index (χ0) is 12.1. The third-order valence-electron chi connectivity index (χ3n) is 2.84. The van der Waals surface area contributed by atoms with Crippen LogP contribution in [-0.4, -0.2) is 9.97 Å². The molecular formula is C14H16N2O. The van der Waals surface area contributed by atoms with Crippen LogP contribution in [0.25, 0.3) is 0 Å². The van der Waals surface area contributed by atoms with Crippen LogP contribution in [0, 0.1) is 0 Å². The van der Waals surface area contributed by atoms with Gasteiger partial charge in [0.15, 0.2) is 0 Å². The highest BCUT2D eigenvalue weighted by Crippen LogP contribution is 2.23. The van der Waals surface area contributed by atoms with Crippen LogP contribution >= 0.6 is 0 Å². The van der Waals surface area contributed by atoms with Crippen LogP contribution in [0.1, 0.15) is 31.7 Å². The van der Waals surface area contributed by atoms with E-state index in [9.17, 15) is 0 Å². The van der Waals surface area contributed by atoms with Crippen LogP contribution in [0.4, 0.5) is 0 Å². The molecule has 1 unspecified atom stereocenters. The number of aromatic nitrogens is 2. The molecule has 0 spiro atoms. The highest BCUT2D eigenvalue weighted by atomic mass is 16.5. The average Bonchev–Trinajstić information content (AvgIpc) is 2.40. The lowest BCUT2D eigenvalue weighted by atomic mass is 9.99. The van der Waals surface area contributed by atoms with Crippen molar-refractivity contribution in [3.05, 3.63) is 48.4 Å². The van der Waals surface area contributed by atoms with Crippen molar-refractivity contribution in [1.29, 1.82) is 0 Å². The van der Waals surface area contributed by atoms with Crippen LogP contribution in [0.5, 0.6) is 11.6 Å². The minimum Gasteiger partial charge on any atom is -0.439 e. The Morgan fingerprint density at radius 3 is 2.53 bits per heavy atom. The molecule has 0 N–H and O–H groups in total. The first-order chi connectivity index (χ1) is 8.29. The van der Waals surface area contributed by atoms with Crippen molar-refractivity contribution in [3.8, 4) is 11.6 Å². The third kappa shape index (κ3) is 3.03. The lowest BCUT2D eigenvalue weighted by molar-refractivity contribution is 0.461. The predicted octanol–water partition coefficient (Wildman–Crippen LogP) is 3.78. The van der Waals surface area contributed by atoms with Gasteiger partial charge in [0.05, 0.1) is 0 Å². The first-order valence-electron chi connectivity index (χ1n) is 5.83. The summed E-state index contributed by atoms with van der Waals surface area (Å²) >= 11 is 0. The molecule has 0 aliphatic heterocycles. The van der Waals surface area contributed by atoms with Crippen LogP contribution in [0.15, 0.2) is 42.9 Å². The molecule has 0 saturated carbocycles. The Kier molecular flexibility index (Phi) is 3.70. The minimum atomic E-state index is 0.566. The molecule has 88 valence electrons. The van der Waals surface area contributed by atoms with Gasteiger partial charge in [0.2, 0.25) is 5.88 Å². The second-order valence-corrected chi connectivity index (χ2v) is 4.03. The van der Waals surface area contributed by atoms with E-state index in [1.165, 1.54) is 11.9 Å². The average molecular weight is 228 g/mol. The molecule has 3 heteroatoms. The molecule has 1 heterocycles. The normalized spacial score (nSPS) is 12.1. The summed E-state index contributed by atoms with van der Waals surface area (Å²) in [6.07, 6.45) is 4.28. The summed E-state index contributed by atoms with van der Waals surface area (Å²) in [6, 6.07) is 9.89. The Balaban J connectivity index is 2.08. The number of benzene rings is 1. The predicted molar refractivity (Wildman–Crippen MR) is 67.3 cm³/mol. The van der Waals surface area contributed by atoms with Crippen molar-refractivity contribution in [2.45, 2.75) is 26.2 Å². The van der Waals surface area contributed by atoms with E-state index in [4.69, 9.17) is 4.74 Å². The molecule has 0 fully saturated rings. The van der Waals surface area contributed by atoms with Gasteiger partial charge in [0.25, 0.3) is 0 Å². The SMILES string of the molecule is CCC(C)c1ccc(Oc2ccncn2)cc1. The molecule has 3 nitrogen and oxygen atoms in total. The van der Waals surface area contributed by atoms with Gasteiger partial charge >= 0.3 is 0 Å². The number of rotatable bonds is 4. The van der Waals surface area contributed by atoms with E-state index in [0.717, 1.165) is 12.2 Å².